The van der Waals surface area contributed by atoms with Gasteiger partial charge in [-0.15, -0.1) is 10.2 Å². The fourth-order valence-electron chi connectivity index (χ4n) is 2.79. The lowest BCUT2D eigenvalue weighted by molar-refractivity contribution is -0.137. The zero-order valence-electron chi connectivity index (χ0n) is 16.2. The molecule has 0 aliphatic heterocycles. The Hall–Kier alpha value is -3.23. The molecule has 0 aliphatic rings. The van der Waals surface area contributed by atoms with Crippen LogP contribution in [0.4, 0.5) is 13.2 Å². The minimum atomic E-state index is -4.46. The number of aryl methyl sites for hydroxylation is 2. The fraction of sp³-hybridized carbons (Fsp3) is 0.300. The van der Waals surface area contributed by atoms with Gasteiger partial charge in [-0.2, -0.15) is 18.0 Å². The number of halogens is 3. The Bertz CT molecular complexity index is 1030. The molecule has 0 fully saturated rings. The monoisotopic (exact) mass is 403 g/mol. The van der Waals surface area contributed by atoms with E-state index in [1.165, 1.54) is 17.7 Å². The highest BCUT2D eigenvalue weighted by molar-refractivity contribution is 5.76. The molecule has 3 aromatic rings. The van der Waals surface area contributed by atoms with E-state index in [1.54, 1.807) is 0 Å². The van der Waals surface area contributed by atoms with Crippen LogP contribution in [0.3, 0.4) is 0 Å². The Kier molecular flexibility index (Phi) is 5.67. The predicted octanol–water partition coefficient (Wildman–Crippen LogP) is 3.85. The third-order valence-corrected chi connectivity index (χ3v) is 4.59. The second-order valence-corrected chi connectivity index (χ2v) is 6.85. The number of rotatable bonds is 5. The molecule has 2 aromatic carbocycles. The van der Waals surface area contributed by atoms with E-state index < -0.39 is 11.7 Å². The van der Waals surface area contributed by atoms with E-state index in [-0.39, 0.29) is 29.9 Å². The zero-order chi connectivity index (χ0) is 21.2. The standard InChI is InChI=1S/C20H20F3N5O/c1-12-7-8-15(9-13(12)2)14(3)24-18(29)11-28-26-19(25-27-28)16-5-4-6-17(10-16)20(21,22)23/h4-10,14H,11H2,1-3H3,(H,24,29)/t14-/m1/s1. The third kappa shape index (κ3) is 4.98. The third-order valence-electron chi connectivity index (χ3n) is 4.59. The molecular weight excluding hydrogens is 383 g/mol. The molecule has 1 heterocycles. The average Bonchev–Trinajstić information content (AvgIpc) is 3.11. The van der Waals surface area contributed by atoms with Gasteiger partial charge in [-0.25, -0.2) is 0 Å². The van der Waals surface area contributed by atoms with E-state index in [2.05, 4.69) is 20.7 Å². The maximum absolute atomic E-state index is 12.9. The van der Waals surface area contributed by atoms with Crippen molar-refractivity contribution in [1.82, 2.24) is 25.5 Å². The topological polar surface area (TPSA) is 72.7 Å². The predicted molar refractivity (Wildman–Crippen MR) is 101 cm³/mol. The number of carbonyl (C=O) groups excluding carboxylic acids is 1. The van der Waals surface area contributed by atoms with Crippen molar-refractivity contribution in [2.24, 2.45) is 0 Å². The quantitative estimate of drug-likeness (QED) is 0.702. The van der Waals surface area contributed by atoms with Gasteiger partial charge in [-0.05, 0) is 54.8 Å². The number of tetrazole rings is 1. The molecule has 0 spiro atoms. The molecule has 0 saturated heterocycles. The van der Waals surface area contributed by atoms with Gasteiger partial charge in [0.1, 0.15) is 6.54 Å². The normalized spacial score (nSPS) is 12.6. The van der Waals surface area contributed by atoms with Crippen LogP contribution in [-0.2, 0) is 17.5 Å². The van der Waals surface area contributed by atoms with Crippen molar-refractivity contribution in [1.29, 1.82) is 0 Å². The Labute approximate surface area is 165 Å². The van der Waals surface area contributed by atoms with Crippen LogP contribution < -0.4 is 5.32 Å². The lowest BCUT2D eigenvalue weighted by Crippen LogP contribution is -2.30. The van der Waals surface area contributed by atoms with Gasteiger partial charge >= 0.3 is 6.18 Å². The summed E-state index contributed by atoms with van der Waals surface area (Å²) in [6.45, 7) is 5.69. The van der Waals surface area contributed by atoms with Crippen LogP contribution in [0.1, 0.15) is 35.2 Å². The first-order valence-electron chi connectivity index (χ1n) is 8.95. The lowest BCUT2D eigenvalue weighted by Gasteiger charge is -2.15. The molecular formula is C20H20F3N5O. The molecule has 1 N–H and O–H groups in total. The number of benzene rings is 2. The number of carbonyl (C=O) groups is 1. The minimum absolute atomic E-state index is 0.0195. The minimum Gasteiger partial charge on any atom is -0.348 e. The van der Waals surface area contributed by atoms with Crippen LogP contribution in [0.15, 0.2) is 42.5 Å². The van der Waals surface area contributed by atoms with Crippen molar-refractivity contribution < 1.29 is 18.0 Å². The lowest BCUT2D eigenvalue weighted by atomic mass is 10.0. The van der Waals surface area contributed by atoms with Crippen molar-refractivity contribution in [3.05, 3.63) is 64.7 Å². The highest BCUT2D eigenvalue weighted by Gasteiger charge is 2.30. The van der Waals surface area contributed by atoms with Crippen molar-refractivity contribution in [2.75, 3.05) is 0 Å². The maximum Gasteiger partial charge on any atom is 0.416 e. The second kappa shape index (κ2) is 8.02. The number of amides is 1. The molecule has 0 aliphatic carbocycles. The summed E-state index contributed by atoms with van der Waals surface area (Å²) in [5.74, 6) is -0.310. The molecule has 6 nitrogen and oxygen atoms in total. The van der Waals surface area contributed by atoms with Crippen LogP contribution in [-0.4, -0.2) is 26.1 Å². The molecule has 152 valence electrons. The highest BCUT2D eigenvalue weighted by atomic mass is 19.4. The molecule has 3 rings (SSSR count). The first-order valence-corrected chi connectivity index (χ1v) is 8.95. The Morgan fingerprint density at radius 2 is 1.90 bits per heavy atom. The Balaban J connectivity index is 1.67. The summed E-state index contributed by atoms with van der Waals surface area (Å²) in [5.41, 5.74) is 2.65. The molecule has 1 aromatic heterocycles. The van der Waals surface area contributed by atoms with Crippen molar-refractivity contribution in [3.63, 3.8) is 0 Å². The van der Waals surface area contributed by atoms with Gasteiger partial charge in [0.05, 0.1) is 11.6 Å². The van der Waals surface area contributed by atoms with E-state index >= 15 is 0 Å². The van der Waals surface area contributed by atoms with E-state index in [0.717, 1.165) is 28.1 Å². The van der Waals surface area contributed by atoms with Gasteiger partial charge in [-0.1, -0.05) is 30.3 Å². The largest absolute Gasteiger partial charge is 0.416 e. The molecule has 29 heavy (non-hydrogen) atoms. The fourth-order valence-corrected chi connectivity index (χ4v) is 2.79. The summed E-state index contributed by atoms with van der Waals surface area (Å²) >= 11 is 0. The number of alkyl halides is 3. The first-order chi connectivity index (χ1) is 13.6. The number of nitrogens with zero attached hydrogens (tertiary/aromatic N) is 4. The van der Waals surface area contributed by atoms with E-state index in [4.69, 9.17) is 0 Å². The SMILES string of the molecule is Cc1ccc([C@@H](C)NC(=O)Cn2nnc(-c3cccc(C(F)(F)F)c3)n2)cc1C. The number of hydrogen-bond donors (Lipinski definition) is 1. The molecule has 9 heteroatoms. The van der Waals surface area contributed by atoms with Crippen LogP contribution in [0, 0.1) is 13.8 Å². The van der Waals surface area contributed by atoms with Gasteiger partial charge in [0.25, 0.3) is 0 Å². The van der Waals surface area contributed by atoms with E-state index in [0.29, 0.717) is 0 Å². The average molecular weight is 403 g/mol. The second-order valence-electron chi connectivity index (χ2n) is 6.85. The van der Waals surface area contributed by atoms with Crippen molar-refractivity contribution in [3.8, 4) is 11.4 Å². The molecule has 1 amide bonds. The highest BCUT2D eigenvalue weighted by Crippen LogP contribution is 2.31. The first kappa shape index (κ1) is 20.5. The van der Waals surface area contributed by atoms with Crippen LogP contribution in [0.2, 0.25) is 0 Å². The molecule has 0 saturated carbocycles. The number of hydrogen-bond acceptors (Lipinski definition) is 4. The van der Waals surface area contributed by atoms with Gasteiger partial charge in [0.2, 0.25) is 11.7 Å². The Morgan fingerprint density at radius 3 is 2.59 bits per heavy atom. The molecule has 0 bridgehead atoms. The van der Waals surface area contributed by atoms with E-state index in [1.807, 2.05) is 39.0 Å². The summed E-state index contributed by atoms with van der Waals surface area (Å²) in [4.78, 5) is 13.3. The van der Waals surface area contributed by atoms with Crippen molar-refractivity contribution in [2.45, 2.75) is 39.5 Å². The number of nitrogens with one attached hydrogen (secondary N) is 1. The summed E-state index contributed by atoms with van der Waals surface area (Å²) in [6.07, 6.45) is -4.46. The summed E-state index contributed by atoms with van der Waals surface area (Å²) in [6, 6.07) is 10.4. The molecule has 0 radical (unpaired) electrons. The van der Waals surface area contributed by atoms with Crippen LogP contribution in [0.5, 0.6) is 0 Å². The Morgan fingerprint density at radius 1 is 1.14 bits per heavy atom. The van der Waals surface area contributed by atoms with Gasteiger partial charge in [0.15, 0.2) is 0 Å². The van der Waals surface area contributed by atoms with E-state index in [9.17, 15) is 18.0 Å². The maximum atomic E-state index is 12.9. The molecule has 1 atom stereocenters. The summed E-state index contributed by atoms with van der Waals surface area (Å²) in [5, 5.41) is 14.4. The number of aromatic nitrogens is 4. The summed E-state index contributed by atoms with van der Waals surface area (Å²) < 4.78 is 38.6. The van der Waals surface area contributed by atoms with Gasteiger partial charge < -0.3 is 5.32 Å². The van der Waals surface area contributed by atoms with Crippen LogP contribution in [0.25, 0.3) is 11.4 Å². The van der Waals surface area contributed by atoms with Gasteiger partial charge in [-0.3, -0.25) is 4.79 Å². The zero-order valence-corrected chi connectivity index (χ0v) is 16.2. The van der Waals surface area contributed by atoms with Gasteiger partial charge in [0, 0.05) is 5.56 Å². The van der Waals surface area contributed by atoms with Crippen LogP contribution >= 0.6 is 0 Å². The smallest absolute Gasteiger partial charge is 0.348 e. The summed E-state index contributed by atoms with van der Waals surface area (Å²) in [7, 11) is 0. The van der Waals surface area contributed by atoms with Crippen molar-refractivity contribution >= 4 is 5.91 Å². The molecule has 0 unspecified atom stereocenters.